The Hall–Kier alpha value is -2.59. The standard InChI is InChI=1S/C23H27ClN6O3/c24-14-1-2-19-18(9-14)23(22(32)26-19)3-5-29(6-4-23)7-8-33-17-12-20-21(25-13-17)28-30(27-20)15-10-16(31)11-15/h1-2,9,12-13,15-16,27,31H,3-8,10-11H2,(H,25,28)(H,26,32). The molecule has 9 nitrogen and oxygen atoms in total. The van der Waals surface area contributed by atoms with Crippen LogP contribution >= 0.6 is 11.6 Å². The molecule has 1 aliphatic carbocycles. The van der Waals surface area contributed by atoms with Crippen LogP contribution in [0.2, 0.25) is 5.02 Å². The fourth-order valence-electron chi connectivity index (χ4n) is 5.26. The average molecular weight is 471 g/mol. The van der Waals surface area contributed by atoms with E-state index in [-0.39, 0.29) is 18.1 Å². The molecule has 174 valence electrons. The molecular weight excluding hydrogens is 444 g/mol. The summed E-state index contributed by atoms with van der Waals surface area (Å²) in [5.74, 6) is 1.57. The van der Waals surface area contributed by atoms with Crippen LogP contribution in [0, 0.1) is 0 Å². The molecule has 0 unspecified atom stereocenters. The predicted octanol–water partition coefficient (Wildman–Crippen LogP) is 2.59. The zero-order valence-corrected chi connectivity index (χ0v) is 18.9. The van der Waals surface area contributed by atoms with Crippen LogP contribution in [-0.4, -0.2) is 64.4 Å². The van der Waals surface area contributed by atoms with Gasteiger partial charge in [0.15, 0.2) is 5.82 Å². The lowest BCUT2D eigenvalue weighted by Crippen LogP contribution is -2.50. The molecular formula is C23H27ClN6O3. The van der Waals surface area contributed by atoms with Crippen molar-refractivity contribution < 1.29 is 14.6 Å². The molecule has 4 N–H and O–H groups in total. The Morgan fingerprint density at radius 3 is 2.79 bits per heavy atom. The second kappa shape index (κ2) is 8.02. The van der Waals surface area contributed by atoms with Gasteiger partial charge in [-0.3, -0.25) is 20.5 Å². The van der Waals surface area contributed by atoms with Crippen molar-refractivity contribution in [2.24, 2.45) is 0 Å². The number of nitrogens with zero attached hydrogens (tertiary/aromatic N) is 3. The summed E-state index contributed by atoms with van der Waals surface area (Å²) in [6, 6.07) is 7.85. The van der Waals surface area contributed by atoms with E-state index in [2.05, 4.69) is 26.1 Å². The van der Waals surface area contributed by atoms with Crippen LogP contribution in [0.5, 0.6) is 5.75 Å². The van der Waals surface area contributed by atoms with E-state index in [1.165, 1.54) is 0 Å². The van der Waals surface area contributed by atoms with Crippen molar-refractivity contribution in [3.05, 3.63) is 41.0 Å². The molecule has 1 saturated carbocycles. The van der Waals surface area contributed by atoms with Crippen LogP contribution in [0.25, 0.3) is 0 Å². The Labute approximate surface area is 197 Å². The van der Waals surface area contributed by atoms with Crippen molar-refractivity contribution in [1.82, 2.24) is 15.0 Å². The summed E-state index contributed by atoms with van der Waals surface area (Å²) in [4.78, 5) is 19.6. The Kier molecular flexibility index (Phi) is 5.10. The first-order valence-corrected chi connectivity index (χ1v) is 11.9. The number of benzene rings is 1. The Balaban J connectivity index is 1.01. The van der Waals surface area contributed by atoms with Crippen molar-refractivity contribution in [3.63, 3.8) is 0 Å². The number of hydrazine groups is 2. The third-order valence-electron chi connectivity index (χ3n) is 7.35. The molecule has 10 heteroatoms. The van der Waals surface area contributed by atoms with Crippen molar-refractivity contribution in [2.75, 3.05) is 42.4 Å². The van der Waals surface area contributed by atoms with Gasteiger partial charge in [-0.15, -0.1) is 5.12 Å². The van der Waals surface area contributed by atoms with Crippen LogP contribution in [0.4, 0.5) is 17.2 Å². The number of carbonyl (C=O) groups excluding carboxylic acids is 1. The normalized spacial score (nSPS) is 25.6. The van der Waals surface area contributed by atoms with E-state index in [9.17, 15) is 9.90 Å². The maximum Gasteiger partial charge on any atom is 0.235 e. The van der Waals surface area contributed by atoms with Crippen LogP contribution in [-0.2, 0) is 10.2 Å². The topological polar surface area (TPSA) is 102 Å². The van der Waals surface area contributed by atoms with Gasteiger partial charge >= 0.3 is 0 Å². The highest BCUT2D eigenvalue weighted by Gasteiger charge is 2.48. The van der Waals surface area contributed by atoms with Gasteiger partial charge in [0.1, 0.15) is 12.4 Å². The quantitative estimate of drug-likeness (QED) is 0.529. The molecule has 1 spiro atoms. The lowest BCUT2D eigenvalue weighted by atomic mass is 9.73. The number of carbonyl (C=O) groups is 1. The zero-order chi connectivity index (χ0) is 22.6. The Morgan fingerprint density at radius 1 is 1.18 bits per heavy atom. The van der Waals surface area contributed by atoms with Crippen molar-refractivity contribution in [2.45, 2.75) is 43.2 Å². The van der Waals surface area contributed by atoms with Gasteiger partial charge < -0.3 is 15.2 Å². The van der Waals surface area contributed by atoms with E-state index in [0.29, 0.717) is 17.4 Å². The van der Waals surface area contributed by atoms with Gasteiger partial charge in [0.05, 0.1) is 29.4 Å². The number of hydrogen-bond acceptors (Lipinski definition) is 8. The summed E-state index contributed by atoms with van der Waals surface area (Å²) in [6.45, 7) is 3.00. The highest BCUT2D eigenvalue weighted by Crippen LogP contribution is 2.45. The first-order valence-electron chi connectivity index (χ1n) is 11.5. The van der Waals surface area contributed by atoms with Gasteiger partial charge in [0, 0.05) is 23.3 Å². The molecule has 33 heavy (non-hydrogen) atoms. The van der Waals surface area contributed by atoms with E-state index < -0.39 is 5.41 Å². The molecule has 1 aromatic carbocycles. The number of halogens is 1. The van der Waals surface area contributed by atoms with Crippen LogP contribution in [0.15, 0.2) is 30.5 Å². The number of hydrogen-bond donors (Lipinski definition) is 4. The summed E-state index contributed by atoms with van der Waals surface area (Å²) in [7, 11) is 0. The number of anilines is 3. The van der Waals surface area contributed by atoms with Gasteiger partial charge in [-0.05, 0) is 62.5 Å². The summed E-state index contributed by atoms with van der Waals surface area (Å²) in [6.07, 6.45) is 4.54. The molecule has 0 radical (unpaired) electrons. The molecule has 4 aliphatic rings. The molecule has 2 fully saturated rings. The maximum absolute atomic E-state index is 12.8. The van der Waals surface area contributed by atoms with Crippen LogP contribution < -0.4 is 20.9 Å². The summed E-state index contributed by atoms with van der Waals surface area (Å²) in [5, 5.41) is 15.1. The highest BCUT2D eigenvalue weighted by atomic mass is 35.5. The van der Waals surface area contributed by atoms with Gasteiger partial charge in [-0.25, -0.2) is 4.98 Å². The van der Waals surface area contributed by atoms with E-state index in [0.717, 1.165) is 68.1 Å². The van der Waals surface area contributed by atoms with Gasteiger partial charge in [0.25, 0.3) is 0 Å². The summed E-state index contributed by atoms with van der Waals surface area (Å²) < 4.78 is 5.97. The number of fused-ring (bicyclic) bond motifs is 3. The Bertz CT molecular complexity index is 1080. The molecule has 1 amide bonds. The third-order valence-corrected chi connectivity index (χ3v) is 7.58. The molecule has 1 saturated heterocycles. The van der Waals surface area contributed by atoms with E-state index >= 15 is 0 Å². The fourth-order valence-corrected chi connectivity index (χ4v) is 5.43. The fraction of sp³-hybridized carbons (Fsp3) is 0.478. The molecule has 4 heterocycles. The average Bonchev–Trinajstić information content (AvgIpc) is 3.32. The minimum Gasteiger partial charge on any atom is -0.491 e. The third kappa shape index (κ3) is 3.69. The molecule has 3 aliphatic heterocycles. The number of aliphatic hydroxyl groups excluding tert-OH is 1. The number of aliphatic hydroxyl groups is 1. The van der Waals surface area contributed by atoms with Gasteiger partial charge in [-0.1, -0.05) is 11.6 Å². The number of ether oxygens (including phenoxy) is 1. The second-order valence-corrected chi connectivity index (χ2v) is 9.79. The number of pyridine rings is 1. The lowest BCUT2D eigenvalue weighted by molar-refractivity contribution is -0.122. The number of amides is 1. The minimum atomic E-state index is -0.470. The predicted molar refractivity (Wildman–Crippen MR) is 125 cm³/mol. The Morgan fingerprint density at radius 2 is 2.00 bits per heavy atom. The van der Waals surface area contributed by atoms with Crippen molar-refractivity contribution in [1.29, 1.82) is 0 Å². The van der Waals surface area contributed by atoms with Gasteiger partial charge in [-0.2, -0.15) is 0 Å². The first kappa shape index (κ1) is 21.0. The SMILES string of the molecule is O=C1Nc2ccc(Cl)cc2C12CCN(CCOc1cnc3c(c1)NN(C1CC(O)C1)N3)CC2. The monoisotopic (exact) mass is 470 g/mol. The number of nitrogens with one attached hydrogen (secondary N) is 3. The second-order valence-electron chi connectivity index (χ2n) is 9.36. The van der Waals surface area contributed by atoms with Crippen LogP contribution in [0.1, 0.15) is 31.2 Å². The molecule has 0 atom stereocenters. The lowest BCUT2D eigenvalue weighted by Gasteiger charge is -2.37. The molecule has 2 aromatic rings. The summed E-state index contributed by atoms with van der Waals surface area (Å²) in [5.41, 5.74) is 8.84. The number of likely N-dealkylation sites (tertiary alicyclic amines) is 1. The van der Waals surface area contributed by atoms with Gasteiger partial charge in [0.2, 0.25) is 5.91 Å². The minimum absolute atomic E-state index is 0.0893. The van der Waals surface area contributed by atoms with Crippen LogP contribution in [0.3, 0.4) is 0 Å². The van der Waals surface area contributed by atoms with Crippen molar-refractivity contribution >= 4 is 34.7 Å². The molecule has 0 bridgehead atoms. The number of aromatic nitrogens is 1. The zero-order valence-electron chi connectivity index (χ0n) is 18.2. The largest absolute Gasteiger partial charge is 0.491 e. The van der Waals surface area contributed by atoms with E-state index in [1.807, 2.05) is 29.4 Å². The molecule has 1 aromatic heterocycles. The molecule has 6 rings (SSSR count). The van der Waals surface area contributed by atoms with E-state index in [4.69, 9.17) is 16.3 Å². The highest BCUT2D eigenvalue weighted by molar-refractivity contribution is 6.31. The first-order chi connectivity index (χ1) is 16.0. The maximum atomic E-state index is 12.8. The number of piperidine rings is 1. The van der Waals surface area contributed by atoms with E-state index in [1.54, 1.807) is 6.20 Å². The number of rotatable bonds is 5. The smallest absolute Gasteiger partial charge is 0.235 e. The summed E-state index contributed by atoms with van der Waals surface area (Å²) >= 11 is 6.21. The van der Waals surface area contributed by atoms with Crippen molar-refractivity contribution in [3.8, 4) is 5.75 Å².